The first-order chi connectivity index (χ1) is 8.65. The van der Waals surface area contributed by atoms with Gasteiger partial charge in [0.15, 0.2) is 0 Å². The summed E-state index contributed by atoms with van der Waals surface area (Å²) in [6.45, 7) is 2.45. The monoisotopic (exact) mass is 270 g/mol. The van der Waals surface area contributed by atoms with Crippen LogP contribution >= 0.6 is 0 Å². The van der Waals surface area contributed by atoms with Gasteiger partial charge in [-0.25, -0.2) is 9.18 Å². The van der Waals surface area contributed by atoms with Gasteiger partial charge in [0.25, 0.3) is 11.6 Å². The molecule has 2 N–H and O–H groups in total. The molecular weight excluding hydrogens is 259 g/mol. The summed E-state index contributed by atoms with van der Waals surface area (Å²) in [6, 6.07) is 2.42. The fraction of sp³-hybridized carbons (Fsp3) is 0.273. The molecule has 0 aromatic heterocycles. The van der Waals surface area contributed by atoms with Gasteiger partial charge in [-0.05, 0) is 26.0 Å². The molecule has 0 saturated carbocycles. The van der Waals surface area contributed by atoms with E-state index in [1.807, 2.05) is 0 Å². The molecule has 0 saturated heterocycles. The average molecular weight is 270 g/mol. The Balaban J connectivity index is 3.14. The van der Waals surface area contributed by atoms with Crippen molar-refractivity contribution in [3.8, 4) is 0 Å². The van der Waals surface area contributed by atoms with E-state index in [0.717, 1.165) is 12.1 Å². The zero-order valence-electron chi connectivity index (χ0n) is 10.1. The predicted octanol–water partition coefficient (Wildman–Crippen LogP) is 1.33. The summed E-state index contributed by atoms with van der Waals surface area (Å²) in [6.07, 6.45) is 0. The SMILES string of the molecule is CC(C)(NC(=O)c1ccc(F)cc1[N+](=O)[O-])C(=O)O. The van der Waals surface area contributed by atoms with E-state index in [9.17, 15) is 24.1 Å². The number of carbonyl (C=O) groups is 2. The topological polar surface area (TPSA) is 110 Å². The molecule has 1 aromatic rings. The molecule has 0 aliphatic carbocycles. The summed E-state index contributed by atoms with van der Waals surface area (Å²) in [5.74, 6) is -3.12. The molecule has 8 heteroatoms. The van der Waals surface area contributed by atoms with Crippen molar-refractivity contribution in [3.05, 3.63) is 39.7 Å². The van der Waals surface area contributed by atoms with Crippen molar-refractivity contribution < 1.29 is 24.0 Å². The van der Waals surface area contributed by atoms with Gasteiger partial charge in [-0.1, -0.05) is 0 Å². The Morgan fingerprint density at radius 1 is 1.42 bits per heavy atom. The van der Waals surface area contributed by atoms with Gasteiger partial charge >= 0.3 is 5.97 Å². The first-order valence-electron chi connectivity index (χ1n) is 5.15. The van der Waals surface area contributed by atoms with Crippen LogP contribution in [0.15, 0.2) is 18.2 Å². The van der Waals surface area contributed by atoms with Crippen molar-refractivity contribution in [3.63, 3.8) is 0 Å². The number of rotatable bonds is 4. The zero-order valence-corrected chi connectivity index (χ0v) is 10.1. The number of nitrogens with zero attached hydrogens (tertiary/aromatic N) is 1. The maximum Gasteiger partial charge on any atom is 0.328 e. The van der Waals surface area contributed by atoms with Crippen molar-refractivity contribution in [2.75, 3.05) is 0 Å². The summed E-state index contributed by atoms with van der Waals surface area (Å²) in [5, 5.41) is 21.7. The van der Waals surface area contributed by atoms with Gasteiger partial charge in [0.05, 0.1) is 11.0 Å². The number of nitrogens with one attached hydrogen (secondary N) is 1. The minimum Gasteiger partial charge on any atom is -0.480 e. The van der Waals surface area contributed by atoms with E-state index in [4.69, 9.17) is 5.11 Å². The molecule has 0 aliphatic heterocycles. The minimum atomic E-state index is -1.60. The molecule has 7 nitrogen and oxygen atoms in total. The third kappa shape index (κ3) is 3.24. The van der Waals surface area contributed by atoms with Gasteiger partial charge in [0.2, 0.25) is 0 Å². The van der Waals surface area contributed by atoms with Gasteiger partial charge in [-0.15, -0.1) is 0 Å². The number of nitro groups is 1. The molecular formula is C11H11FN2O5. The van der Waals surface area contributed by atoms with Crippen LogP contribution in [-0.2, 0) is 4.79 Å². The van der Waals surface area contributed by atoms with Crippen molar-refractivity contribution in [2.24, 2.45) is 0 Å². The molecule has 0 fully saturated rings. The van der Waals surface area contributed by atoms with E-state index in [-0.39, 0.29) is 0 Å². The summed E-state index contributed by atoms with van der Waals surface area (Å²) >= 11 is 0. The molecule has 0 spiro atoms. The molecule has 19 heavy (non-hydrogen) atoms. The maximum atomic E-state index is 12.9. The van der Waals surface area contributed by atoms with Gasteiger partial charge in [-0.3, -0.25) is 14.9 Å². The van der Waals surface area contributed by atoms with Gasteiger partial charge in [-0.2, -0.15) is 0 Å². The van der Waals surface area contributed by atoms with E-state index < -0.39 is 39.4 Å². The first kappa shape index (κ1) is 14.6. The average Bonchev–Trinajstić information content (AvgIpc) is 2.27. The van der Waals surface area contributed by atoms with Crippen LogP contribution in [0.25, 0.3) is 0 Å². The van der Waals surface area contributed by atoms with Crippen LogP contribution in [0, 0.1) is 15.9 Å². The number of carboxylic acid groups (broad SMARTS) is 1. The standard InChI is InChI=1S/C11H11FN2O5/c1-11(2,10(16)17)13-9(15)7-4-3-6(12)5-8(7)14(18)19/h3-5H,1-2H3,(H,13,15)(H,16,17). The van der Waals surface area contributed by atoms with E-state index in [1.54, 1.807) is 0 Å². The Morgan fingerprint density at radius 3 is 2.47 bits per heavy atom. The number of aliphatic carboxylic acids is 1. The highest BCUT2D eigenvalue weighted by Crippen LogP contribution is 2.20. The molecule has 0 aliphatic rings. The van der Waals surface area contributed by atoms with E-state index in [0.29, 0.717) is 6.07 Å². The Hall–Kier alpha value is -2.51. The van der Waals surface area contributed by atoms with Crippen LogP contribution in [0.2, 0.25) is 0 Å². The summed E-state index contributed by atoms with van der Waals surface area (Å²) < 4.78 is 12.9. The molecule has 1 amide bonds. The van der Waals surface area contributed by atoms with Crippen LogP contribution in [0.4, 0.5) is 10.1 Å². The molecule has 0 bridgehead atoms. The van der Waals surface area contributed by atoms with Crippen molar-refractivity contribution in [1.82, 2.24) is 5.32 Å². The number of hydrogen-bond acceptors (Lipinski definition) is 4. The number of hydrogen-bond donors (Lipinski definition) is 2. The number of carbonyl (C=O) groups excluding carboxylic acids is 1. The molecule has 0 heterocycles. The Morgan fingerprint density at radius 2 is 2.00 bits per heavy atom. The Bertz CT molecular complexity index is 556. The number of amides is 1. The van der Waals surface area contributed by atoms with Crippen molar-refractivity contribution in [2.45, 2.75) is 19.4 Å². The molecule has 0 atom stereocenters. The summed E-state index contributed by atoms with van der Waals surface area (Å²) in [4.78, 5) is 32.5. The number of halogens is 1. The zero-order chi connectivity index (χ0) is 14.8. The van der Waals surface area contributed by atoms with Crippen molar-refractivity contribution >= 4 is 17.6 Å². The Labute approximate surface area is 107 Å². The van der Waals surface area contributed by atoms with E-state index >= 15 is 0 Å². The fourth-order valence-corrected chi connectivity index (χ4v) is 1.25. The second-order valence-electron chi connectivity index (χ2n) is 4.30. The molecule has 1 aromatic carbocycles. The largest absolute Gasteiger partial charge is 0.480 e. The van der Waals surface area contributed by atoms with Gasteiger partial charge < -0.3 is 10.4 Å². The normalized spacial score (nSPS) is 10.9. The van der Waals surface area contributed by atoms with Crippen molar-refractivity contribution in [1.29, 1.82) is 0 Å². The number of benzene rings is 1. The molecule has 0 radical (unpaired) electrons. The summed E-state index contributed by atoms with van der Waals surface area (Å²) in [7, 11) is 0. The number of nitro benzene ring substituents is 1. The quantitative estimate of drug-likeness (QED) is 0.633. The second-order valence-corrected chi connectivity index (χ2v) is 4.30. The lowest BCUT2D eigenvalue weighted by atomic mass is 10.0. The maximum absolute atomic E-state index is 12.9. The number of carboxylic acids is 1. The highest BCUT2D eigenvalue weighted by Gasteiger charge is 2.31. The van der Waals surface area contributed by atoms with Gasteiger partial charge in [0, 0.05) is 0 Å². The molecule has 102 valence electrons. The van der Waals surface area contributed by atoms with Crippen LogP contribution in [0.3, 0.4) is 0 Å². The lowest BCUT2D eigenvalue weighted by molar-refractivity contribution is -0.385. The molecule has 0 unspecified atom stereocenters. The van der Waals surface area contributed by atoms with E-state index in [1.165, 1.54) is 13.8 Å². The van der Waals surface area contributed by atoms with Crippen LogP contribution in [-0.4, -0.2) is 27.4 Å². The Kier molecular flexibility index (Phi) is 3.83. The third-order valence-corrected chi connectivity index (χ3v) is 2.36. The molecule has 1 rings (SSSR count). The van der Waals surface area contributed by atoms with Crippen LogP contribution in [0.5, 0.6) is 0 Å². The van der Waals surface area contributed by atoms with Crippen LogP contribution < -0.4 is 5.32 Å². The highest BCUT2D eigenvalue weighted by molar-refractivity contribution is 6.00. The lowest BCUT2D eigenvalue weighted by Gasteiger charge is -2.20. The minimum absolute atomic E-state index is 0.402. The predicted molar refractivity (Wildman–Crippen MR) is 62.2 cm³/mol. The smallest absolute Gasteiger partial charge is 0.328 e. The second kappa shape index (κ2) is 5.01. The first-order valence-corrected chi connectivity index (χ1v) is 5.15. The third-order valence-electron chi connectivity index (χ3n) is 2.36. The van der Waals surface area contributed by atoms with Crippen LogP contribution in [0.1, 0.15) is 24.2 Å². The van der Waals surface area contributed by atoms with E-state index in [2.05, 4.69) is 5.32 Å². The lowest BCUT2D eigenvalue weighted by Crippen LogP contribution is -2.49. The summed E-state index contributed by atoms with van der Waals surface area (Å²) in [5.41, 5.74) is -2.72. The fourth-order valence-electron chi connectivity index (χ4n) is 1.25. The van der Waals surface area contributed by atoms with Gasteiger partial charge in [0.1, 0.15) is 16.9 Å². The highest BCUT2D eigenvalue weighted by atomic mass is 19.1.